The lowest BCUT2D eigenvalue weighted by atomic mass is 10.1. The number of aliphatic hydroxyl groups is 2. The molecule has 0 aliphatic carbocycles. The Morgan fingerprint density at radius 2 is 1.88 bits per heavy atom. The van der Waals surface area contributed by atoms with Crippen molar-refractivity contribution in [2.24, 2.45) is 0 Å². The zero-order valence-electron chi connectivity index (χ0n) is 10.2. The minimum atomic E-state index is -1.22. The third-order valence-electron chi connectivity index (χ3n) is 2.66. The van der Waals surface area contributed by atoms with Crippen molar-refractivity contribution in [3.05, 3.63) is 0 Å². The van der Waals surface area contributed by atoms with Gasteiger partial charge in [0.05, 0.1) is 12.1 Å². The molecule has 0 aromatic rings. The first kappa shape index (κ1) is 14.1. The lowest BCUT2D eigenvalue weighted by molar-refractivity contribution is -0.187. The number of β-amino-alcohol motifs (C(OH)–C–C–N with tert-alkyl or cyclic N) is 1. The second-order valence-electron chi connectivity index (χ2n) is 4.70. The first-order valence-corrected chi connectivity index (χ1v) is 5.65. The first-order chi connectivity index (χ1) is 7.85. The lowest BCUT2D eigenvalue weighted by Gasteiger charge is -2.29. The van der Waals surface area contributed by atoms with Crippen LogP contribution in [0.5, 0.6) is 0 Å². The molecule has 0 spiro atoms. The maximum Gasteiger partial charge on any atom is 0.229 e. The molecule has 6 heteroatoms. The fourth-order valence-corrected chi connectivity index (χ4v) is 1.72. The number of amides is 2. The largest absolute Gasteiger partial charge is 0.396 e. The first-order valence-electron chi connectivity index (χ1n) is 5.65. The molecule has 1 fully saturated rings. The molecule has 0 radical (unpaired) electrons. The summed E-state index contributed by atoms with van der Waals surface area (Å²) in [6, 6.07) is 0. The van der Waals surface area contributed by atoms with Gasteiger partial charge in [-0.3, -0.25) is 14.5 Å². The van der Waals surface area contributed by atoms with Gasteiger partial charge in [-0.05, 0) is 20.3 Å². The molecule has 1 unspecified atom stereocenters. The van der Waals surface area contributed by atoms with Gasteiger partial charge in [0.25, 0.3) is 0 Å². The number of aliphatic hydroxyl groups excluding tert-OH is 2. The van der Waals surface area contributed by atoms with E-state index in [-0.39, 0.29) is 37.8 Å². The average molecular weight is 245 g/mol. The number of ether oxygens (including phenoxy) is 1. The number of carbonyl (C=O) groups is 2. The summed E-state index contributed by atoms with van der Waals surface area (Å²) in [7, 11) is 0. The molecular formula is C11H19NO5. The molecule has 0 bridgehead atoms. The standard InChI is InChI=1S/C11H19NO5/c1-11(2,5-6-13)17-10(16)7-12-8(14)3-4-9(12)15/h10,13,16H,3-7H2,1-2H3. The van der Waals surface area contributed by atoms with Crippen molar-refractivity contribution in [2.75, 3.05) is 13.2 Å². The van der Waals surface area contributed by atoms with Crippen LogP contribution in [0.2, 0.25) is 0 Å². The van der Waals surface area contributed by atoms with Crippen molar-refractivity contribution in [3.8, 4) is 0 Å². The van der Waals surface area contributed by atoms with E-state index in [1.807, 2.05) is 0 Å². The SMILES string of the molecule is CC(C)(CCO)OC(O)CN1C(=O)CCC1=O. The molecule has 98 valence electrons. The van der Waals surface area contributed by atoms with E-state index in [0.717, 1.165) is 4.90 Å². The highest BCUT2D eigenvalue weighted by Gasteiger charge is 2.32. The molecule has 0 aromatic carbocycles. The Balaban J connectivity index is 2.46. The van der Waals surface area contributed by atoms with E-state index in [2.05, 4.69) is 0 Å². The summed E-state index contributed by atoms with van der Waals surface area (Å²) in [5.74, 6) is -0.560. The van der Waals surface area contributed by atoms with Gasteiger partial charge in [0.15, 0.2) is 6.29 Å². The monoisotopic (exact) mass is 245 g/mol. The molecule has 1 saturated heterocycles. The van der Waals surface area contributed by atoms with Crippen molar-refractivity contribution >= 4 is 11.8 Å². The third kappa shape index (κ3) is 4.07. The van der Waals surface area contributed by atoms with Crippen LogP contribution in [0.25, 0.3) is 0 Å². The zero-order chi connectivity index (χ0) is 13.1. The number of hydrogen-bond donors (Lipinski definition) is 2. The second-order valence-corrected chi connectivity index (χ2v) is 4.70. The molecule has 6 nitrogen and oxygen atoms in total. The van der Waals surface area contributed by atoms with Crippen LogP contribution in [0.15, 0.2) is 0 Å². The van der Waals surface area contributed by atoms with Gasteiger partial charge in [-0.1, -0.05) is 0 Å². The molecule has 1 aliphatic heterocycles. The van der Waals surface area contributed by atoms with Gasteiger partial charge in [0, 0.05) is 19.4 Å². The molecule has 0 saturated carbocycles. The second kappa shape index (κ2) is 5.57. The van der Waals surface area contributed by atoms with E-state index in [4.69, 9.17) is 9.84 Å². The van der Waals surface area contributed by atoms with Gasteiger partial charge in [-0.15, -0.1) is 0 Å². The van der Waals surface area contributed by atoms with Crippen molar-refractivity contribution < 1.29 is 24.5 Å². The molecule has 1 atom stereocenters. The van der Waals surface area contributed by atoms with Crippen LogP contribution in [0.1, 0.15) is 33.1 Å². The predicted octanol–water partition coefficient (Wildman–Crippen LogP) is -0.369. The van der Waals surface area contributed by atoms with Gasteiger partial charge in [0.1, 0.15) is 0 Å². The number of carbonyl (C=O) groups excluding carboxylic acids is 2. The molecule has 17 heavy (non-hydrogen) atoms. The van der Waals surface area contributed by atoms with Crippen LogP contribution in [0.3, 0.4) is 0 Å². The highest BCUT2D eigenvalue weighted by Crippen LogP contribution is 2.18. The van der Waals surface area contributed by atoms with E-state index in [9.17, 15) is 14.7 Å². The van der Waals surface area contributed by atoms with Crippen molar-refractivity contribution in [2.45, 2.75) is 45.0 Å². The van der Waals surface area contributed by atoms with Gasteiger partial charge in [0.2, 0.25) is 11.8 Å². The van der Waals surface area contributed by atoms with Crippen LogP contribution < -0.4 is 0 Å². The summed E-state index contributed by atoms with van der Waals surface area (Å²) >= 11 is 0. The maximum atomic E-state index is 11.3. The van der Waals surface area contributed by atoms with Gasteiger partial charge >= 0.3 is 0 Å². The number of nitrogens with zero attached hydrogens (tertiary/aromatic N) is 1. The summed E-state index contributed by atoms with van der Waals surface area (Å²) in [5.41, 5.74) is -0.694. The number of rotatable bonds is 6. The Hall–Kier alpha value is -0.980. The Bertz CT molecular complexity index is 286. The number of imide groups is 1. The molecule has 2 amide bonds. The van der Waals surface area contributed by atoms with Crippen LogP contribution in [-0.2, 0) is 14.3 Å². The summed E-state index contributed by atoms with van der Waals surface area (Å²) in [6.07, 6.45) is -0.453. The Morgan fingerprint density at radius 1 is 1.35 bits per heavy atom. The normalized spacial score (nSPS) is 18.9. The predicted molar refractivity (Wildman–Crippen MR) is 58.8 cm³/mol. The highest BCUT2D eigenvalue weighted by molar-refractivity contribution is 6.01. The topological polar surface area (TPSA) is 87.1 Å². The highest BCUT2D eigenvalue weighted by atomic mass is 16.6. The average Bonchev–Trinajstić information content (AvgIpc) is 2.48. The summed E-state index contributed by atoms with van der Waals surface area (Å²) in [5, 5.41) is 18.5. The van der Waals surface area contributed by atoms with E-state index in [1.54, 1.807) is 13.8 Å². The Morgan fingerprint density at radius 3 is 2.35 bits per heavy atom. The number of likely N-dealkylation sites (tertiary alicyclic amines) is 1. The minimum Gasteiger partial charge on any atom is -0.396 e. The van der Waals surface area contributed by atoms with Crippen LogP contribution in [0.4, 0.5) is 0 Å². The molecule has 2 N–H and O–H groups in total. The summed E-state index contributed by atoms with van der Waals surface area (Å²) in [6.45, 7) is 3.24. The smallest absolute Gasteiger partial charge is 0.229 e. The summed E-state index contributed by atoms with van der Waals surface area (Å²) < 4.78 is 5.29. The van der Waals surface area contributed by atoms with Gasteiger partial charge in [-0.2, -0.15) is 0 Å². The third-order valence-corrected chi connectivity index (χ3v) is 2.66. The van der Waals surface area contributed by atoms with Crippen molar-refractivity contribution in [1.29, 1.82) is 0 Å². The minimum absolute atomic E-state index is 0.0543. The molecule has 1 heterocycles. The van der Waals surface area contributed by atoms with Gasteiger partial charge < -0.3 is 14.9 Å². The fraction of sp³-hybridized carbons (Fsp3) is 0.818. The quantitative estimate of drug-likeness (QED) is 0.492. The van der Waals surface area contributed by atoms with Gasteiger partial charge in [-0.25, -0.2) is 0 Å². The van der Waals surface area contributed by atoms with Crippen molar-refractivity contribution in [1.82, 2.24) is 4.90 Å². The van der Waals surface area contributed by atoms with Crippen LogP contribution in [0, 0.1) is 0 Å². The van der Waals surface area contributed by atoms with Crippen LogP contribution in [-0.4, -0.2) is 52.0 Å². The van der Waals surface area contributed by atoms with E-state index < -0.39 is 11.9 Å². The van der Waals surface area contributed by atoms with E-state index in [0.29, 0.717) is 6.42 Å². The molecule has 1 aliphatic rings. The summed E-state index contributed by atoms with van der Waals surface area (Å²) in [4.78, 5) is 23.6. The molecule has 1 rings (SSSR count). The molecular weight excluding hydrogens is 226 g/mol. The molecule has 0 aromatic heterocycles. The van der Waals surface area contributed by atoms with E-state index in [1.165, 1.54) is 0 Å². The zero-order valence-corrected chi connectivity index (χ0v) is 10.2. The van der Waals surface area contributed by atoms with Crippen LogP contribution >= 0.6 is 0 Å². The Kier molecular flexibility index (Phi) is 4.62. The fourth-order valence-electron chi connectivity index (χ4n) is 1.72. The number of hydrogen-bond acceptors (Lipinski definition) is 5. The van der Waals surface area contributed by atoms with E-state index >= 15 is 0 Å². The maximum absolute atomic E-state index is 11.3. The Labute approximate surface area is 100 Å². The lowest BCUT2D eigenvalue weighted by Crippen LogP contribution is -2.41. The van der Waals surface area contributed by atoms with Crippen molar-refractivity contribution in [3.63, 3.8) is 0 Å².